The van der Waals surface area contributed by atoms with E-state index in [0.717, 1.165) is 49.1 Å². The number of nitrogens with one attached hydrogen (secondary N) is 3. The number of carbonyl (C=O) groups is 1. The highest BCUT2D eigenvalue weighted by atomic mass is 19.1. The summed E-state index contributed by atoms with van der Waals surface area (Å²) in [6.45, 7) is 3.26. The van der Waals surface area contributed by atoms with Crippen LogP contribution < -0.4 is 10.6 Å². The average molecular weight is 463 g/mol. The Kier molecular flexibility index (Phi) is 7.14. The number of urea groups is 1. The molecular formula is C28H35FN4O. The molecule has 1 saturated carbocycles. The van der Waals surface area contributed by atoms with Crippen molar-refractivity contribution in [2.24, 2.45) is 11.8 Å². The van der Waals surface area contributed by atoms with Crippen LogP contribution in [0.5, 0.6) is 0 Å². The van der Waals surface area contributed by atoms with Gasteiger partial charge in [0.1, 0.15) is 5.82 Å². The summed E-state index contributed by atoms with van der Waals surface area (Å²) in [6.07, 6.45) is 9.97. The minimum atomic E-state index is -0.168. The highest BCUT2D eigenvalue weighted by Gasteiger charge is 2.30. The van der Waals surface area contributed by atoms with E-state index in [1.165, 1.54) is 37.7 Å². The molecule has 1 unspecified atom stereocenters. The molecule has 5 nitrogen and oxygen atoms in total. The summed E-state index contributed by atoms with van der Waals surface area (Å²) in [5, 5.41) is 7.41. The highest BCUT2D eigenvalue weighted by molar-refractivity contribution is 5.92. The minimum Gasteiger partial charge on any atom is -0.361 e. The zero-order valence-corrected chi connectivity index (χ0v) is 19.7. The number of aromatic nitrogens is 1. The van der Waals surface area contributed by atoms with Crippen molar-refractivity contribution < 1.29 is 9.18 Å². The number of aromatic amines is 1. The van der Waals surface area contributed by atoms with Gasteiger partial charge in [0.2, 0.25) is 0 Å². The highest BCUT2D eigenvalue weighted by Crippen LogP contribution is 2.28. The van der Waals surface area contributed by atoms with E-state index in [1.807, 2.05) is 42.6 Å². The molecule has 0 radical (unpaired) electrons. The number of piperidine rings is 1. The molecule has 180 valence electrons. The standard InChI is InChI=1S/C28H35FN4O/c29-24-9-7-20(8-10-24)16-21-4-3-15-33(18-21)19-23-5-1-2-6-27(23)32-28(34)31-25-11-12-26-22(17-25)13-14-30-26/h7-14,17,21,23,27,30H,1-6,15-16,18-19H2,(H2,31,32,34)/t21?,23-,27+/m0/s1. The van der Waals surface area contributed by atoms with Crippen molar-refractivity contribution in [2.75, 3.05) is 25.0 Å². The van der Waals surface area contributed by atoms with Crippen LogP contribution in [0.15, 0.2) is 54.7 Å². The number of benzene rings is 2. The van der Waals surface area contributed by atoms with Crippen molar-refractivity contribution in [1.82, 2.24) is 15.2 Å². The lowest BCUT2D eigenvalue weighted by Crippen LogP contribution is -2.49. The van der Waals surface area contributed by atoms with Crippen LogP contribution in [0.3, 0.4) is 0 Å². The number of rotatable bonds is 6. The second kappa shape index (κ2) is 10.6. The maximum Gasteiger partial charge on any atom is 0.319 e. The number of anilines is 1. The summed E-state index contributed by atoms with van der Waals surface area (Å²) in [6, 6.07) is 15.0. The van der Waals surface area contributed by atoms with Gasteiger partial charge in [-0.2, -0.15) is 0 Å². The van der Waals surface area contributed by atoms with Crippen LogP contribution in [0, 0.1) is 17.7 Å². The molecule has 2 aromatic carbocycles. The second-order valence-corrected chi connectivity index (χ2v) is 10.1. The predicted molar refractivity (Wildman–Crippen MR) is 135 cm³/mol. The van der Waals surface area contributed by atoms with Crippen molar-refractivity contribution in [2.45, 2.75) is 51.0 Å². The van der Waals surface area contributed by atoms with Crippen LogP contribution >= 0.6 is 0 Å². The fraction of sp³-hybridized carbons (Fsp3) is 0.464. The lowest BCUT2D eigenvalue weighted by atomic mass is 9.83. The van der Waals surface area contributed by atoms with Gasteiger partial charge in [-0.1, -0.05) is 25.0 Å². The van der Waals surface area contributed by atoms with Gasteiger partial charge in [-0.15, -0.1) is 0 Å². The van der Waals surface area contributed by atoms with E-state index in [2.05, 4.69) is 20.5 Å². The molecule has 3 aromatic rings. The van der Waals surface area contributed by atoms with Gasteiger partial charge in [-0.3, -0.25) is 0 Å². The molecule has 2 fully saturated rings. The van der Waals surface area contributed by atoms with Crippen LogP contribution in [0.1, 0.15) is 44.1 Å². The number of fused-ring (bicyclic) bond motifs is 1. The van der Waals surface area contributed by atoms with Crippen molar-refractivity contribution >= 4 is 22.6 Å². The molecule has 0 spiro atoms. The Labute approximate surface area is 201 Å². The van der Waals surface area contributed by atoms with E-state index in [1.54, 1.807) is 12.1 Å². The monoisotopic (exact) mass is 462 g/mol. The molecule has 2 heterocycles. The molecule has 0 bridgehead atoms. The molecule has 1 saturated heterocycles. The molecule has 3 N–H and O–H groups in total. The molecule has 1 aromatic heterocycles. The number of nitrogens with zero attached hydrogens (tertiary/aromatic N) is 1. The van der Waals surface area contributed by atoms with Crippen molar-refractivity contribution in [3.63, 3.8) is 0 Å². The number of halogens is 1. The summed E-state index contributed by atoms with van der Waals surface area (Å²) < 4.78 is 13.2. The van der Waals surface area contributed by atoms with E-state index in [9.17, 15) is 9.18 Å². The summed E-state index contributed by atoms with van der Waals surface area (Å²) in [5.74, 6) is 0.927. The Morgan fingerprint density at radius 1 is 1.03 bits per heavy atom. The number of H-pyrrole nitrogens is 1. The summed E-state index contributed by atoms with van der Waals surface area (Å²) in [7, 11) is 0. The fourth-order valence-corrected chi connectivity index (χ4v) is 5.85. The quantitative estimate of drug-likeness (QED) is 0.424. The number of likely N-dealkylation sites (tertiary alicyclic amines) is 1. The smallest absolute Gasteiger partial charge is 0.319 e. The van der Waals surface area contributed by atoms with E-state index in [0.29, 0.717) is 11.8 Å². The Morgan fingerprint density at radius 3 is 2.76 bits per heavy atom. The summed E-state index contributed by atoms with van der Waals surface area (Å²) in [5.41, 5.74) is 3.11. The van der Waals surface area contributed by atoms with Crippen LogP contribution in [0.25, 0.3) is 10.9 Å². The lowest BCUT2D eigenvalue weighted by molar-refractivity contribution is 0.123. The fourth-order valence-electron chi connectivity index (χ4n) is 5.85. The van der Waals surface area contributed by atoms with Crippen molar-refractivity contribution in [1.29, 1.82) is 0 Å². The number of carbonyl (C=O) groups excluding carboxylic acids is 1. The van der Waals surface area contributed by atoms with Gasteiger partial charge in [0, 0.05) is 41.9 Å². The third-order valence-corrected chi connectivity index (χ3v) is 7.57. The Bertz CT molecular complexity index is 1100. The predicted octanol–water partition coefficient (Wildman–Crippen LogP) is 5.94. The van der Waals surface area contributed by atoms with Gasteiger partial charge < -0.3 is 20.5 Å². The molecule has 6 heteroatoms. The van der Waals surface area contributed by atoms with Crippen LogP contribution in [-0.4, -0.2) is 41.6 Å². The van der Waals surface area contributed by atoms with Crippen LogP contribution in [0.4, 0.5) is 14.9 Å². The number of hydrogen-bond acceptors (Lipinski definition) is 2. The van der Waals surface area contributed by atoms with Crippen molar-refractivity contribution in [3.05, 3.63) is 66.1 Å². The molecule has 3 atom stereocenters. The topological polar surface area (TPSA) is 60.2 Å². The van der Waals surface area contributed by atoms with E-state index in [4.69, 9.17) is 0 Å². The maximum absolute atomic E-state index is 13.2. The van der Waals surface area contributed by atoms with Gasteiger partial charge in [-0.05, 0) is 92.4 Å². The Hall–Kier alpha value is -2.86. The molecule has 1 aliphatic heterocycles. The zero-order valence-electron chi connectivity index (χ0n) is 19.7. The second-order valence-electron chi connectivity index (χ2n) is 10.1. The lowest BCUT2D eigenvalue weighted by Gasteiger charge is -2.39. The molecule has 5 rings (SSSR count). The largest absolute Gasteiger partial charge is 0.361 e. The van der Waals surface area contributed by atoms with Gasteiger partial charge in [0.25, 0.3) is 0 Å². The maximum atomic E-state index is 13.2. The first-order valence-corrected chi connectivity index (χ1v) is 12.7. The molecule has 34 heavy (non-hydrogen) atoms. The van der Waals surface area contributed by atoms with E-state index in [-0.39, 0.29) is 17.9 Å². The van der Waals surface area contributed by atoms with Gasteiger partial charge >= 0.3 is 6.03 Å². The Morgan fingerprint density at radius 2 is 1.88 bits per heavy atom. The van der Waals surface area contributed by atoms with Crippen LogP contribution in [0.2, 0.25) is 0 Å². The molecular weight excluding hydrogens is 427 g/mol. The SMILES string of the molecule is O=C(Nc1ccc2[nH]ccc2c1)N[C@@H]1CCCC[C@H]1CN1CCCC(Cc2ccc(F)cc2)C1. The normalized spacial score (nSPS) is 23.6. The first-order chi connectivity index (χ1) is 16.6. The first-order valence-electron chi connectivity index (χ1n) is 12.7. The Balaban J connectivity index is 1.15. The van der Waals surface area contributed by atoms with Crippen molar-refractivity contribution in [3.8, 4) is 0 Å². The number of amides is 2. The van der Waals surface area contributed by atoms with E-state index >= 15 is 0 Å². The summed E-state index contributed by atoms with van der Waals surface area (Å²) in [4.78, 5) is 18.6. The summed E-state index contributed by atoms with van der Waals surface area (Å²) >= 11 is 0. The average Bonchev–Trinajstić information content (AvgIpc) is 3.30. The molecule has 1 aliphatic carbocycles. The van der Waals surface area contributed by atoms with Crippen LogP contribution in [-0.2, 0) is 6.42 Å². The zero-order chi connectivity index (χ0) is 23.3. The van der Waals surface area contributed by atoms with Gasteiger partial charge in [0.05, 0.1) is 0 Å². The number of hydrogen-bond donors (Lipinski definition) is 3. The minimum absolute atomic E-state index is 0.111. The molecule has 2 amide bonds. The third kappa shape index (κ3) is 5.79. The van der Waals surface area contributed by atoms with Gasteiger partial charge in [-0.25, -0.2) is 9.18 Å². The third-order valence-electron chi connectivity index (χ3n) is 7.57. The van der Waals surface area contributed by atoms with Gasteiger partial charge in [0.15, 0.2) is 0 Å². The first kappa shape index (κ1) is 22.9. The van der Waals surface area contributed by atoms with E-state index < -0.39 is 0 Å². The molecule has 2 aliphatic rings.